The van der Waals surface area contributed by atoms with Crippen molar-refractivity contribution >= 4 is 5.91 Å². The number of benzene rings is 1. The number of carbonyl (C=O) groups excluding carboxylic acids is 1. The van der Waals surface area contributed by atoms with Crippen molar-refractivity contribution in [3.05, 3.63) is 35.9 Å². The van der Waals surface area contributed by atoms with Gasteiger partial charge in [-0.25, -0.2) is 0 Å². The molecule has 1 N–H and O–H groups in total. The quantitative estimate of drug-likeness (QED) is 0.815. The molecule has 88 valence electrons. The average molecular weight is 220 g/mol. The fourth-order valence-electron chi connectivity index (χ4n) is 1.70. The Hall–Kier alpha value is -1.35. The van der Waals surface area contributed by atoms with Gasteiger partial charge in [-0.1, -0.05) is 37.3 Å². The Morgan fingerprint density at radius 1 is 1.38 bits per heavy atom. The molecule has 3 nitrogen and oxygen atoms in total. The molecule has 3 heteroatoms. The Morgan fingerprint density at radius 3 is 2.56 bits per heavy atom. The Bertz CT molecular complexity index is 324. The summed E-state index contributed by atoms with van der Waals surface area (Å²) in [4.78, 5) is 13.7. The van der Waals surface area contributed by atoms with Crippen LogP contribution in [0.3, 0.4) is 0 Å². The van der Waals surface area contributed by atoms with Crippen LogP contribution in [0.15, 0.2) is 30.3 Å². The molecule has 16 heavy (non-hydrogen) atoms. The zero-order valence-corrected chi connectivity index (χ0v) is 10.2. The minimum Gasteiger partial charge on any atom is -0.341 e. The molecule has 1 amide bonds. The number of carbonyl (C=O) groups is 1. The van der Waals surface area contributed by atoms with Crippen molar-refractivity contribution in [3.8, 4) is 0 Å². The molecule has 1 aromatic rings. The lowest BCUT2D eigenvalue weighted by Crippen LogP contribution is -2.35. The largest absolute Gasteiger partial charge is 0.341 e. The first-order chi connectivity index (χ1) is 7.65. The van der Waals surface area contributed by atoms with Crippen molar-refractivity contribution in [3.63, 3.8) is 0 Å². The average Bonchev–Trinajstić information content (AvgIpc) is 2.29. The fraction of sp³-hybridized carbons (Fsp3) is 0.462. The maximum Gasteiger partial charge on any atom is 0.226 e. The van der Waals surface area contributed by atoms with Crippen LogP contribution in [-0.4, -0.2) is 31.4 Å². The summed E-state index contributed by atoms with van der Waals surface area (Å²) in [5.74, 6) is 0.205. The van der Waals surface area contributed by atoms with Gasteiger partial charge in [-0.2, -0.15) is 0 Å². The Balaban J connectivity index is 2.52. The summed E-state index contributed by atoms with van der Waals surface area (Å²) in [6.45, 7) is 3.34. The molecule has 0 spiro atoms. The van der Waals surface area contributed by atoms with Crippen LogP contribution >= 0.6 is 0 Å². The van der Waals surface area contributed by atoms with E-state index in [0.29, 0.717) is 6.54 Å². The van der Waals surface area contributed by atoms with Gasteiger partial charge in [-0.15, -0.1) is 0 Å². The van der Waals surface area contributed by atoms with Gasteiger partial charge < -0.3 is 10.2 Å². The molecule has 0 aliphatic rings. The molecule has 0 aliphatic carbocycles. The van der Waals surface area contributed by atoms with Crippen LogP contribution in [0.5, 0.6) is 0 Å². The van der Waals surface area contributed by atoms with Gasteiger partial charge in [-0.3, -0.25) is 4.79 Å². The van der Waals surface area contributed by atoms with Crippen molar-refractivity contribution in [1.82, 2.24) is 10.2 Å². The van der Waals surface area contributed by atoms with Crippen molar-refractivity contribution in [2.45, 2.75) is 13.5 Å². The second-order valence-corrected chi connectivity index (χ2v) is 4.14. The molecule has 0 saturated carbocycles. The highest BCUT2D eigenvalue weighted by Crippen LogP contribution is 2.06. The van der Waals surface area contributed by atoms with E-state index in [0.717, 1.165) is 12.1 Å². The first-order valence-corrected chi connectivity index (χ1v) is 5.58. The molecule has 0 fully saturated rings. The lowest BCUT2D eigenvalue weighted by molar-refractivity contribution is -0.134. The third-order valence-corrected chi connectivity index (χ3v) is 2.57. The molecule has 1 aromatic carbocycles. The molecule has 0 heterocycles. The Labute approximate surface area is 97.5 Å². The zero-order valence-electron chi connectivity index (χ0n) is 10.2. The van der Waals surface area contributed by atoms with Crippen LogP contribution in [0.4, 0.5) is 0 Å². The second kappa shape index (κ2) is 6.28. The topological polar surface area (TPSA) is 32.3 Å². The lowest BCUT2D eigenvalue weighted by atomic mass is 10.1. The van der Waals surface area contributed by atoms with Gasteiger partial charge in [0.2, 0.25) is 5.91 Å². The summed E-state index contributed by atoms with van der Waals surface area (Å²) < 4.78 is 0. The fourth-order valence-corrected chi connectivity index (χ4v) is 1.70. The van der Waals surface area contributed by atoms with Gasteiger partial charge in [0, 0.05) is 26.1 Å². The minimum absolute atomic E-state index is 0.0266. The first kappa shape index (κ1) is 12.7. The van der Waals surface area contributed by atoms with E-state index in [4.69, 9.17) is 0 Å². The van der Waals surface area contributed by atoms with Crippen LogP contribution in [0, 0.1) is 5.92 Å². The summed E-state index contributed by atoms with van der Waals surface area (Å²) >= 11 is 0. The molecular weight excluding hydrogens is 200 g/mol. The summed E-state index contributed by atoms with van der Waals surface area (Å²) in [7, 11) is 3.71. The number of rotatable bonds is 5. The predicted molar refractivity (Wildman–Crippen MR) is 66.0 cm³/mol. The number of nitrogens with one attached hydrogen (secondary N) is 1. The molecule has 0 radical (unpaired) electrons. The number of hydrogen-bond acceptors (Lipinski definition) is 2. The summed E-state index contributed by atoms with van der Waals surface area (Å²) in [5, 5.41) is 3.02. The number of nitrogens with zero attached hydrogens (tertiary/aromatic N) is 1. The van der Waals surface area contributed by atoms with Crippen molar-refractivity contribution in [1.29, 1.82) is 0 Å². The predicted octanol–water partition coefficient (Wildman–Crippen LogP) is 1.50. The van der Waals surface area contributed by atoms with Gasteiger partial charge >= 0.3 is 0 Å². The first-order valence-electron chi connectivity index (χ1n) is 5.58. The van der Waals surface area contributed by atoms with E-state index in [1.165, 1.54) is 0 Å². The molecular formula is C13H20N2O. The summed E-state index contributed by atoms with van der Waals surface area (Å²) in [6, 6.07) is 10.0. The maximum absolute atomic E-state index is 11.9. The normalized spacial score (nSPS) is 12.2. The van der Waals surface area contributed by atoms with Gasteiger partial charge in [0.25, 0.3) is 0 Å². The van der Waals surface area contributed by atoms with Crippen molar-refractivity contribution in [2.75, 3.05) is 20.6 Å². The summed E-state index contributed by atoms with van der Waals surface area (Å²) in [6.07, 6.45) is 0. The van der Waals surface area contributed by atoms with Crippen molar-refractivity contribution in [2.24, 2.45) is 5.92 Å². The van der Waals surface area contributed by atoms with E-state index in [1.807, 2.05) is 51.4 Å². The van der Waals surface area contributed by atoms with Gasteiger partial charge in [0.15, 0.2) is 0 Å². The van der Waals surface area contributed by atoms with E-state index in [1.54, 1.807) is 4.90 Å². The summed E-state index contributed by atoms with van der Waals surface area (Å²) in [5.41, 5.74) is 1.16. The molecule has 0 aliphatic heterocycles. The molecule has 0 bridgehead atoms. The van der Waals surface area contributed by atoms with E-state index in [-0.39, 0.29) is 11.8 Å². The highest BCUT2D eigenvalue weighted by molar-refractivity contribution is 5.78. The molecule has 0 aromatic heterocycles. The molecule has 1 unspecified atom stereocenters. The van der Waals surface area contributed by atoms with Gasteiger partial charge in [0.1, 0.15) is 0 Å². The molecule has 0 saturated heterocycles. The zero-order chi connectivity index (χ0) is 12.0. The van der Waals surface area contributed by atoms with Crippen LogP contribution in [0.1, 0.15) is 12.5 Å². The Morgan fingerprint density at radius 2 is 2.00 bits per heavy atom. The van der Waals surface area contributed by atoms with Crippen LogP contribution in [0.25, 0.3) is 0 Å². The lowest BCUT2D eigenvalue weighted by Gasteiger charge is -2.21. The van der Waals surface area contributed by atoms with Gasteiger partial charge in [0.05, 0.1) is 0 Å². The minimum atomic E-state index is 0.0266. The number of hydrogen-bond donors (Lipinski definition) is 1. The maximum atomic E-state index is 11.9. The van der Waals surface area contributed by atoms with E-state index < -0.39 is 0 Å². The number of amides is 1. The van der Waals surface area contributed by atoms with Crippen LogP contribution in [0.2, 0.25) is 0 Å². The molecule has 1 rings (SSSR count). The smallest absolute Gasteiger partial charge is 0.226 e. The standard InChI is InChI=1S/C13H20N2O/c1-11(9-14-2)13(16)15(3)10-12-7-5-4-6-8-12/h4-8,11,14H,9-10H2,1-3H3. The third-order valence-electron chi connectivity index (χ3n) is 2.57. The highest BCUT2D eigenvalue weighted by atomic mass is 16.2. The van der Waals surface area contributed by atoms with Crippen molar-refractivity contribution < 1.29 is 4.79 Å². The van der Waals surface area contributed by atoms with Gasteiger partial charge in [-0.05, 0) is 12.6 Å². The third kappa shape index (κ3) is 3.66. The SMILES string of the molecule is CNCC(C)C(=O)N(C)Cc1ccccc1. The van der Waals surface area contributed by atoms with Crippen LogP contribution in [-0.2, 0) is 11.3 Å². The van der Waals surface area contributed by atoms with Crippen LogP contribution < -0.4 is 5.32 Å². The van der Waals surface area contributed by atoms with E-state index >= 15 is 0 Å². The van der Waals surface area contributed by atoms with E-state index in [2.05, 4.69) is 5.32 Å². The highest BCUT2D eigenvalue weighted by Gasteiger charge is 2.16. The Kier molecular flexibility index (Phi) is 4.99. The molecule has 1 atom stereocenters. The monoisotopic (exact) mass is 220 g/mol. The second-order valence-electron chi connectivity index (χ2n) is 4.14. The van der Waals surface area contributed by atoms with E-state index in [9.17, 15) is 4.79 Å².